The fourth-order valence-corrected chi connectivity index (χ4v) is 2.15. The van der Waals surface area contributed by atoms with Crippen LogP contribution in [0.1, 0.15) is 24.6 Å². The summed E-state index contributed by atoms with van der Waals surface area (Å²) in [6.45, 7) is 1.89. The minimum atomic E-state index is -0.939. The van der Waals surface area contributed by atoms with Crippen LogP contribution in [-0.4, -0.2) is 15.6 Å². The third-order valence-electron chi connectivity index (χ3n) is 3.17. The third kappa shape index (κ3) is 2.30. The Labute approximate surface area is 99.2 Å². The summed E-state index contributed by atoms with van der Waals surface area (Å²) < 4.78 is 1.68. The second kappa shape index (κ2) is 4.57. The molecule has 4 nitrogen and oxygen atoms in total. The highest BCUT2D eigenvalue weighted by molar-refractivity contribution is 5.85. The van der Waals surface area contributed by atoms with Crippen LogP contribution in [0.2, 0.25) is 0 Å². The molecule has 0 aromatic carbocycles. The van der Waals surface area contributed by atoms with Crippen LogP contribution in [-0.2, 0) is 24.2 Å². The van der Waals surface area contributed by atoms with E-state index in [1.807, 2.05) is 6.07 Å². The molecule has 0 amide bonds. The molecule has 0 atom stereocenters. The zero-order valence-corrected chi connectivity index (χ0v) is 9.77. The first kappa shape index (κ1) is 11.6. The number of carbonyl (C=O) groups is 1. The SMILES string of the molecule is C/C(=C/Cn1c2c(ccc1=O)CCC2)C(=O)O. The lowest BCUT2D eigenvalue weighted by molar-refractivity contribution is -0.132. The largest absolute Gasteiger partial charge is 0.478 e. The average Bonchev–Trinajstić information content (AvgIpc) is 2.75. The van der Waals surface area contributed by atoms with Crippen molar-refractivity contribution in [2.45, 2.75) is 32.7 Å². The molecule has 4 heteroatoms. The second-order valence-electron chi connectivity index (χ2n) is 4.30. The number of pyridine rings is 1. The summed E-state index contributed by atoms with van der Waals surface area (Å²) in [5.74, 6) is -0.939. The molecule has 0 bridgehead atoms. The molecular weight excluding hydrogens is 218 g/mol. The maximum Gasteiger partial charge on any atom is 0.331 e. The first-order chi connectivity index (χ1) is 8.09. The predicted octanol–water partition coefficient (Wildman–Crippen LogP) is 1.37. The van der Waals surface area contributed by atoms with Crippen LogP contribution >= 0.6 is 0 Å². The van der Waals surface area contributed by atoms with Gasteiger partial charge in [-0.1, -0.05) is 12.1 Å². The number of fused-ring (bicyclic) bond motifs is 1. The van der Waals surface area contributed by atoms with Gasteiger partial charge in [0.1, 0.15) is 0 Å². The number of hydrogen-bond acceptors (Lipinski definition) is 2. The highest BCUT2D eigenvalue weighted by Gasteiger charge is 2.15. The van der Waals surface area contributed by atoms with Gasteiger partial charge >= 0.3 is 5.97 Å². The molecule has 0 unspecified atom stereocenters. The molecule has 17 heavy (non-hydrogen) atoms. The van der Waals surface area contributed by atoms with Gasteiger partial charge in [0, 0.05) is 23.9 Å². The Morgan fingerprint density at radius 3 is 2.94 bits per heavy atom. The summed E-state index contributed by atoms with van der Waals surface area (Å²) in [6.07, 6.45) is 4.57. The van der Waals surface area contributed by atoms with Crippen LogP contribution in [0, 0.1) is 0 Å². The number of rotatable bonds is 3. The van der Waals surface area contributed by atoms with Crippen molar-refractivity contribution in [3.63, 3.8) is 0 Å². The van der Waals surface area contributed by atoms with E-state index in [1.54, 1.807) is 16.7 Å². The molecule has 1 aromatic heterocycles. The molecule has 0 saturated carbocycles. The summed E-state index contributed by atoms with van der Waals surface area (Å²) in [6, 6.07) is 3.45. The van der Waals surface area contributed by atoms with Crippen LogP contribution in [0.25, 0.3) is 0 Å². The Balaban J connectivity index is 2.34. The van der Waals surface area contributed by atoms with Crippen molar-refractivity contribution in [3.05, 3.63) is 45.4 Å². The van der Waals surface area contributed by atoms with E-state index < -0.39 is 5.97 Å². The van der Waals surface area contributed by atoms with E-state index in [-0.39, 0.29) is 11.1 Å². The number of hydrogen-bond donors (Lipinski definition) is 1. The van der Waals surface area contributed by atoms with Gasteiger partial charge < -0.3 is 9.67 Å². The average molecular weight is 233 g/mol. The maximum absolute atomic E-state index is 11.7. The second-order valence-corrected chi connectivity index (χ2v) is 4.30. The van der Waals surface area contributed by atoms with Gasteiger partial charge in [-0.15, -0.1) is 0 Å². The van der Waals surface area contributed by atoms with Crippen LogP contribution in [0.4, 0.5) is 0 Å². The lowest BCUT2D eigenvalue weighted by atomic mass is 10.2. The summed E-state index contributed by atoms with van der Waals surface area (Å²) >= 11 is 0. The molecule has 1 aliphatic carbocycles. The lowest BCUT2D eigenvalue weighted by Crippen LogP contribution is -2.22. The van der Waals surface area contributed by atoms with Crippen molar-refractivity contribution in [1.29, 1.82) is 0 Å². The molecular formula is C13H15NO3. The number of aliphatic carboxylic acids is 1. The fraction of sp³-hybridized carbons (Fsp3) is 0.385. The van der Waals surface area contributed by atoms with E-state index in [0.717, 1.165) is 25.0 Å². The zero-order chi connectivity index (χ0) is 12.4. The van der Waals surface area contributed by atoms with Crippen molar-refractivity contribution in [3.8, 4) is 0 Å². The van der Waals surface area contributed by atoms with E-state index in [9.17, 15) is 9.59 Å². The quantitative estimate of drug-likeness (QED) is 0.802. The van der Waals surface area contributed by atoms with Crippen molar-refractivity contribution < 1.29 is 9.90 Å². The monoisotopic (exact) mass is 233 g/mol. The molecule has 2 rings (SSSR count). The molecule has 90 valence electrons. The molecule has 1 aromatic rings. The van der Waals surface area contributed by atoms with E-state index >= 15 is 0 Å². The molecule has 1 heterocycles. The number of nitrogens with zero attached hydrogens (tertiary/aromatic N) is 1. The van der Waals surface area contributed by atoms with E-state index in [4.69, 9.17) is 5.11 Å². The van der Waals surface area contributed by atoms with Crippen LogP contribution in [0.5, 0.6) is 0 Å². The third-order valence-corrected chi connectivity index (χ3v) is 3.17. The molecule has 1 aliphatic rings. The van der Waals surface area contributed by atoms with E-state index in [0.29, 0.717) is 6.54 Å². The highest BCUT2D eigenvalue weighted by atomic mass is 16.4. The number of aromatic nitrogens is 1. The minimum absolute atomic E-state index is 0.0555. The smallest absolute Gasteiger partial charge is 0.331 e. The summed E-state index contributed by atoms with van der Waals surface area (Å²) in [5, 5.41) is 8.77. The first-order valence-corrected chi connectivity index (χ1v) is 5.71. The van der Waals surface area contributed by atoms with Gasteiger partial charge in [-0.2, -0.15) is 0 Å². The van der Waals surface area contributed by atoms with Gasteiger partial charge in [0.15, 0.2) is 0 Å². The molecule has 0 aliphatic heterocycles. The zero-order valence-electron chi connectivity index (χ0n) is 9.77. The highest BCUT2D eigenvalue weighted by Crippen LogP contribution is 2.19. The van der Waals surface area contributed by atoms with Crippen molar-refractivity contribution in [2.24, 2.45) is 0 Å². The summed E-state index contributed by atoms with van der Waals surface area (Å²) in [4.78, 5) is 22.4. The van der Waals surface area contributed by atoms with Gasteiger partial charge in [0.05, 0.1) is 0 Å². The Morgan fingerprint density at radius 1 is 1.47 bits per heavy atom. The van der Waals surface area contributed by atoms with Crippen LogP contribution < -0.4 is 5.56 Å². The van der Waals surface area contributed by atoms with Gasteiger partial charge in [-0.3, -0.25) is 4.79 Å². The fourth-order valence-electron chi connectivity index (χ4n) is 2.15. The Morgan fingerprint density at radius 2 is 2.24 bits per heavy atom. The molecule has 0 radical (unpaired) electrons. The van der Waals surface area contributed by atoms with Gasteiger partial charge in [0.2, 0.25) is 0 Å². The topological polar surface area (TPSA) is 59.3 Å². The lowest BCUT2D eigenvalue weighted by Gasteiger charge is -2.09. The van der Waals surface area contributed by atoms with Crippen LogP contribution in [0.3, 0.4) is 0 Å². The van der Waals surface area contributed by atoms with E-state index in [1.165, 1.54) is 12.5 Å². The number of allylic oxidation sites excluding steroid dienone is 1. The predicted molar refractivity (Wildman–Crippen MR) is 64.1 cm³/mol. The molecule has 0 fully saturated rings. The Hall–Kier alpha value is -1.84. The maximum atomic E-state index is 11.7. The number of aryl methyl sites for hydroxylation is 1. The van der Waals surface area contributed by atoms with Gasteiger partial charge in [-0.05, 0) is 31.7 Å². The Kier molecular flexibility index (Phi) is 3.13. The Bertz CT molecular complexity index is 540. The van der Waals surface area contributed by atoms with Crippen molar-refractivity contribution in [2.75, 3.05) is 0 Å². The van der Waals surface area contributed by atoms with Crippen LogP contribution in [0.15, 0.2) is 28.6 Å². The van der Waals surface area contributed by atoms with Crippen molar-refractivity contribution >= 4 is 5.97 Å². The molecule has 1 N–H and O–H groups in total. The molecule has 0 saturated heterocycles. The van der Waals surface area contributed by atoms with E-state index in [2.05, 4.69) is 0 Å². The molecule has 0 spiro atoms. The van der Waals surface area contributed by atoms with Gasteiger partial charge in [-0.25, -0.2) is 4.79 Å². The number of carboxylic acid groups (broad SMARTS) is 1. The van der Waals surface area contributed by atoms with Crippen molar-refractivity contribution in [1.82, 2.24) is 4.57 Å². The first-order valence-electron chi connectivity index (χ1n) is 5.71. The summed E-state index contributed by atoms with van der Waals surface area (Å²) in [7, 11) is 0. The summed E-state index contributed by atoms with van der Waals surface area (Å²) in [5.41, 5.74) is 2.49. The standard InChI is InChI=1S/C13H15NO3/c1-9(13(16)17)7-8-14-11-4-2-3-10(11)5-6-12(14)15/h5-7H,2-4,8H2,1H3,(H,16,17)/b9-7-. The minimum Gasteiger partial charge on any atom is -0.478 e. The van der Waals surface area contributed by atoms with Gasteiger partial charge in [0.25, 0.3) is 5.56 Å². The number of carboxylic acids is 1. The normalized spacial score (nSPS) is 14.8.